The predicted molar refractivity (Wildman–Crippen MR) is 63.6 cm³/mol. The lowest BCUT2D eigenvalue weighted by Gasteiger charge is -2.14. The molecule has 0 aliphatic carbocycles. The van der Waals surface area contributed by atoms with E-state index in [4.69, 9.17) is 19.0 Å². The lowest BCUT2D eigenvalue weighted by Crippen LogP contribution is -2.11. The second-order valence-electron chi connectivity index (χ2n) is 2.61. The van der Waals surface area contributed by atoms with Gasteiger partial charge in [-0.25, -0.2) is 4.79 Å². The maximum absolute atomic E-state index is 11.3. The average molecular weight is 260 g/mol. The van der Waals surface area contributed by atoms with Gasteiger partial charge in [-0.15, -0.1) is 0 Å². The van der Waals surface area contributed by atoms with E-state index in [9.17, 15) is 4.79 Å². The van der Waals surface area contributed by atoms with Crippen LogP contribution in [0.2, 0.25) is 0 Å². The van der Waals surface area contributed by atoms with Crippen LogP contribution in [0.15, 0.2) is 11.8 Å². The van der Waals surface area contributed by atoms with Gasteiger partial charge < -0.3 is 18.9 Å². The summed E-state index contributed by atoms with van der Waals surface area (Å²) < 4.78 is 15.2. The molecule has 0 amide bonds. The Hall–Kier alpha value is -1.15. The molecule has 0 atom stereocenters. The molecule has 0 saturated heterocycles. The Morgan fingerprint density at radius 2 is 1.88 bits per heavy atom. The number of esters is 1. The van der Waals surface area contributed by atoms with Gasteiger partial charge in [0.15, 0.2) is 5.57 Å². The maximum Gasteiger partial charge on any atom is 0.350 e. The smallest absolute Gasteiger partial charge is 0.350 e. The molecule has 0 aliphatic rings. The molecule has 6 nitrogen and oxygen atoms in total. The standard InChI is InChI=1S/C10H17N2O4P/c1-4-14-10(13)9(7-11)8-12-17(15-5-2)16-6-3/h8,12H,4-6H2,1-3H3/b9-8+. The van der Waals surface area contributed by atoms with Crippen molar-refractivity contribution in [3.05, 3.63) is 11.8 Å². The van der Waals surface area contributed by atoms with Crippen molar-refractivity contribution < 1.29 is 18.6 Å². The van der Waals surface area contributed by atoms with Crippen molar-refractivity contribution in [2.45, 2.75) is 20.8 Å². The Bertz CT molecular complexity index is 295. The molecule has 0 rings (SSSR count). The van der Waals surface area contributed by atoms with E-state index in [2.05, 4.69) is 5.09 Å². The van der Waals surface area contributed by atoms with Crippen LogP contribution in [0, 0.1) is 11.3 Å². The molecule has 0 aromatic heterocycles. The molecule has 0 spiro atoms. The normalized spacial score (nSPS) is 11.1. The number of ether oxygens (including phenoxy) is 1. The van der Waals surface area contributed by atoms with Crippen LogP contribution < -0.4 is 5.09 Å². The Morgan fingerprint density at radius 1 is 1.29 bits per heavy atom. The molecule has 0 fully saturated rings. The zero-order valence-electron chi connectivity index (χ0n) is 10.2. The minimum Gasteiger partial charge on any atom is -0.462 e. The van der Waals surface area contributed by atoms with Crippen LogP contribution in [0.25, 0.3) is 0 Å². The van der Waals surface area contributed by atoms with Gasteiger partial charge in [-0.2, -0.15) is 5.26 Å². The van der Waals surface area contributed by atoms with E-state index in [-0.39, 0.29) is 12.2 Å². The first-order chi connectivity index (χ1) is 8.19. The van der Waals surface area contributed by atoms with Crippen molar-refractivity contribution in [2.75, 3.05) is 19.8 Å². The van der Waals surface area contributed by atoms with Crippen LogP contribution in [0.1, 0.15) is 20.8 Å². The fourth-order valence-corrected chi connectivity index (χ4v) is 1.74. The molecule has 7 heteroatoms. The number of hydrogen-bond acceptors (Lipinski definition) is 6. The van der Waals surface area contributed by atoms with Crippen molar-refractivity contribution >= 4 is 14.5 Å². The van der Waals surface area contributed by atoms with Crippen LogP contribution in [0.5, 0.6) is 0 Å². The quantitative estimate of drug-likeness (QED) is 0.310. The summed E-state index contributed by atoms with van der Waals surface area (Å²) >= 11 is 0. The van der Waals surface area contributed by atoms with Gasteiger partial charge in [0.05, 0.1) is 19.8 Å². The third-order valence-corrected chi connectivity index (χ3v) is 2.75. The van der Waals surface area contributed by atoms with Gasteiger partial charge in [-0.1, -0.05) is 0 Å². The molecule has 96 valence electrons. The van der Waals surface area contributed by atoms with Gasteiger partial charge in [-0.3, -0.25) is 0 Å². The molecule has 0 saturated carbocycles. The van der Waals surface area contributed by atoms with Gasteiger partial charge in [0.25, 0.3) is 8.53 Å². The Kier molecular flexibility index (Phi) is 9.35. The van der Waals surface area contributed by atoms with Gasteiger partial charge in [-0.05, 0) is 20.8 Å². The number of hydrogen-bond donors (Lipinski definition) is 1. The first kappa shape index (κ1) is 15.9. The van der Waals surface area contributed by atoms with Gasteiger partial charge in [0.1, 0.15) is 6.07 Å². The highest BCUT2D eigenvalue weighted by atomic mass is 31.2. The molecule has 0 unspecified atom stereocenters. The summed E-state index contributed by atoms with van der Waals surface area (Å²) in [6.45, 7) is 6.52. The summed E-state index contributed by atoms with van der Waals surface area (Å²) in [5.41, 5.74) is -0.112. The van der Waals surface area contributed by atoms with Gasteiger partial charge >= 0.3 is 5.97 Å². The summed E-state index contributed by atoms with van der Waals surface area (Å²) in [4.78, 5) is 11.3. The Morgan fingerprint density at radius 3 is 2.29 bits per heavy atom. The summed E-state index contributed by atoms with van der Waals surface area (Å²) in [5.74, 6) is -0.662. The van der Waals surface area contributed by atoms with Crippen molar-refractivity contribution in [2.24, 2.45) is 0 Å². The SMILES string of the molecule is CCOC(=O)/C(C#N)=C/NP(OCC)OCC. The lowest BCUT2D eigenvalue weighted by atomic mass is 10.3. The molecule has 17 heavy (non-hydrogen) atoms. The molecule has 0 aromatic rings. The number of nitrogens with zero attached hydrogens (tertiary/aromatic N) is 1. The minimum atomic E-state index is -1.32. The molecule has 0 heterocycles. The molecule has 1 N–H and O–H groups in total. The molecule has 0 aliphatic heterocycles. The highest BCUT2D eigenvalue weighted by Gasteiger charge is 2.12. The number of nitrogens with one attached hydrogen (secondary N) is 1. The number of rotatable bonds is 8. The van der Waals surface area contributed by atoms with Crippen LogP contribution in [0.4, 0.5) is 0 Å². The monoisotopic (exact) mass is 260 g/mol. The first-order valence-electron chi connectivity index (χ1n) is 5.29. The highest BCUT2D eigenvalue weighted by Crippen LogP contribution is 2.32. The van der Waals surface area contributed by atoms with Crippen LogP contribution in [0.3, 0.4) is 0 Å². The molecule has 0 radical (unpaired) electrons. The van der Waals surface area contributed by atoms with E-state index in [1.165, 1.54) is 6.20 Å². The molecule has 0 aromatic carbocycles. The van der Waals surface area contributed by atoms with Gasteiger partial charge in [0, 0.05) is 6.20 Å². The fraction of sp³-hybridized carbons (Fsp3) is 0.600. The van der Waals surface area contributed by atoms with E-state index in [1.54, 1.807) is 13.0 Å². The van der Waals surface area contributed by atoms with Crippen molar-refractivity contribution in [3.8, 4) is 6.07 Å². The summed E-state index contributed by atoms with van der Waals surface area (Å²) in [5, 5.41) is 11.5. The Labute approximate surface area is 103 Å². The molecular weight excluding hydrogens is 243 g/mol. The summed E-state index contributed by atoms with van der Waals surface area (Å²) in [7, 11) is -1.32. The topological polar surface area (TPSA) is 80.6 Å². The second kappa shape index (κ2) is 10.0. The first-order valence-corrected chi connectivity index (χ1v) is 6.46. The zero-order chi connectivity index (χ0) is 13.1. The maximum atomic E-state index is 11.3. The van der Waals surface area contributed by atoms with E-state index < -0.39 is 14.5 Å². The van der Waals surface area contributed by atoms with E-state index in [0.29, 0.717) is 13.2 Å². The van der Waals surface area contributed by atoms with E-state index >= 15 is 0 Å². The molecule has 0 bridgehead atoms. The highest BCUT2D eigenvalue weighted by molar-refractivity contribution is 7.45. The third-order valence-electron chi connectivity index (χ3n) is 1.42. The van der Waals surface area contributed by atoms with Gasteiger partial charge in [0.2, 0.25) is 0 Å². The number of nitriles is 1. The van der Waals surface area contributed by atoms with Crippen LogP contribution >= 0.6 is 8.53 Å². The number of carbonyl (C=O) groups excluding carboxylic acids is 1. The summed E-state index contributed by atoms with van der Waals surface area (Å²) in [6, 6.07) is 1.75. The van der Waals surface area contributed by atoms with Crippen LogP contribution in [-0.4, -0.2) is 25.8 Å². The van der Waals surface area contributed by atoms with Crippen molar-refractivity contribution in [1.82, 2.24) is 5.09 Å². The van der Waals surface area contributed by atoms with E-state index in [1.807, 2.05) is 13.8 Å². The predicted octanol–water partition coefficient (Wildman–Crippen LogP) is 1.85. The third kappa shape index (κ3) is 6.90. The minimum absolute atomic E-state index is 0.112. The second-order valence-corrected chi connectivity index (χ2v) is 3.90. The van der Waals surface area contributed by atoms with Crippen LogP contribution in [-0.2, 0) is 18.6 Å². The fourth-order valence-electron chi connectivity index (χ4n) is 0.809. The van der Waals surface area contributed by atoms with E-state index in [0.717, 1.165) is 0 Å². The lowest BCUT2D eigenvalue weighted by molar-refractivity contribution is -0.138. The largest absolute Gasteiger partial charge is 0.462 e. The molecular formula is C10H17N2O4P. The Balaban J connectivity index is 4.41. The number of carbonyl (C=O) groups is 1. The van der Waals surface area contributed by atoms with Crippen molar-refractivity contribution in [3.63, 3.8) is 0 Å². The average Bonchev–Trinajstić information content (AvgIpc) is 2.30. The summed E-state index contributed by atoms with van der Waals surface area (Å²) in [6.07, 6.45) is 1.26. The zero-order valence-corrected chi connectivity index (χ0v) is 11.1. The van der Waals surface area contributed by atoms with Crippen molar-refractivity contribution in [1.29, 1.82) is 5.26 Å².